The Kier molecular flexibility index (Phi) is 4.19. The molecular weight excluding hydrogens is 569 g/mol. The van der Waals surface area contributed by atoms with Crippen LogP contribution in [-0.4, -0.2) is 0 Å². The van der Waals surface area contributed by atoms with Crippen molar-refractivity contribution >= 4 is 65.0 Å². The van der Waals surface area contributed by atoms with Gasteiger partial charge in [0, 0.05) is 10.8 Å². The van der Waals surface area contributed by atoms with E-state index in [1.54, 1.807) is 0 Å². The summed E-state index contributed by atoms with van der Waals surface area (Å²) in [5.41, 5.74) is 5.13. The minimum absolute atomic E-state index is 0.190. The molecule has 0 spiro atoms. The molecule has 0 saturated carbocycles. The summed E-state index contributed by atoms with van der Waals surface area (Å²) < 4.78 is 78.2. The van der Waals surface area contributed by atoms with Gasteiger partial charge in [0.25, 0.3) is 0 Å². The Morgan fingerprint density at radius 3 is 1.49 bits per heavy atom. The molecule has 0 atom stereocenters. The third kappa shape index (κ3) is 4.10. The first-order valence-electron chi connectivity index (χ1n) is 19.5. The second-order valence-electron chi connectivity index (χ2n) is 11.9. The van der Waals surface area contributed by atoms with Gasteiger partial charge in [-0.25, -0.2) is 0 Å². The summed E-state index contributed by atoms with van der Waals surface area (Å²) in [4.78, 5) is 0. The lowest BCUT2D eigenvalue weighted by Gasteiger charge is -2.18. The zero-order valence-electron chi connectivity index (χ0n) is 33.0. The normalized spacial score (nSPS) is 14.2. The van der Waals surface area contributed by atoms with E-state index in [1.165, 1.54) is 0 Å². The number of hydrogen-bond acceptors (Lipinski definition) is 1. The van der Waals surface area contributed by atoms with Crippen LogP contribution in [0.3, 0.4) is 0 Å². The Morgan fingerprint density at radius 2 is 0.830 bits per heavy atom. The summed E-state index contributed by atoms with van der Waals surface area (Å²) in [6, 6.07) is 36.6. The van der Waals surface area contributed by atoms with Gasteiger partial charge in [-0.05, 0) is 107 Å². The lowest BCUT2D eigenvalue weighted by molar-refractivity contribution is 0.669. The van der Waals surface area contributed by atoms with Gasteiger partial charge in [-0.15, -0.1) is 0 Å². The Morgan fingerprint density at radius 1 is 0.340 bits per heavy atom. The molecule has 0 amide bonds. The van der Waals surface area contributed by atoms with Crippen molar-refractivity contribution in [1.82, 2.24) is 0 Å². The Labute approximate surface area is 283 Å². The van der Waals surface area contributed by atoms with Crippen molar-refractivity contribution in [1.29, 1.82) is 0 Å². The first kappa shape index (κ1) is 19.4. The van der Waals surface area contributed by atoms with Gasteiger partial charge in [0.1, 0.15) is 11.2 Å². The topological polar surface area (TPSA) is 13.1 Å². The van der Waals surface area contributed by atoms with Crippen LogP contribution in [-0.2, 0) is 0 Å². The summed E-state index contributed by atoms with van der Waals surface area (Å²) in [7, 11) is 0. The van der Waals surface area contributed by atoms with Crippen molar-refractivity contribution < 1.29 is 15.4 Å². The van der Waals surface area contributed by atoms with E-state index in [9.17, 15) is 5.48 Å². The molecule has 0 aliphatic heterocycles. The second-order valence-corrected chi connectivity index (χ2v) is 11.9. The van der Waals surface area contributed by atoms with Crippen molar-refractivity contribution in [2.75, 3.05) is 0 Å². The molecule has 10 rings (SSSR count). The van der Waals surface area contributed by atoms with Gasteiger partial charge in [-0.3, -0.25) is 0 Å². The molecule has 0 radical (unpaired) electrons. The van der Waals surface area contributed by atoms with Crippen LogP contribution < -0.4 is 0 Å². The molecule has 1 nitrogen and oxygen atoms in total. The monoisotopic (exact) mass is 604 g/mol. The van der Waals surface area contributed by atoms with Gasteiger partial charge in [-0.2, -0.15) is 0 Å². The quantitative estimate of drug-likeness (QED) is 0.183. The van der Waals surface area contributed by atoms with E-state index < -0.39 is 24.2 Å². The Hall–Kier alpha value is -6.18. The Bertz CT molecular complexity index is 3210. The maximum absolute atomic E-state index is 9.25. The van der Waals surface area contributed by atoms with Crippen molar-refractivity contribution in [3.63, 3.8) is 0 Å². The molecule has 0 aliphatic rings. The van der Waals surface area contributed by atoms with E-state index in [2.05, 4.69) is 30.3 Å². The van der Waals surface area contributed by atoms with E-state index in [-0.39, 0.29) is 45.7 Å². The minimum atomic E-state index is -0.424. The number of hydrogen-bond donors (Lipinski definition) is 0. The van der Waals surface area contributed by atoms with E-state index in [0.29, 0.717) is 22.3 Å². The molecule has 0 N–H and O–H groups in total. The Balaban J connectivity index is 1.24. The minimum Gasteiger partial charge on any atom is -0.456 e. The highest BCUT2D eigenvalue weighted by molar-refractivity contribution is 6.21. The molecule has 0 unspecified atom stereocenters. The number of benzene rings is 9. The van der Waals surface area contributed by atoms with Crippen LogP contribution in [0.15, 0.2) is 174 Å². The summed E-state index contributed by atoms with van der Waals surface area (Å²) >= 11 is 0. The summed E-state index contributed by atoms with van der Waals surface area (Å²) in [6.45, 7) is 0. The fraction of sp³-hybridized carbons (Fsp3) is 0. The first-order chi connectivity index (χ1) is 26.6. The predicted molar refractivity (Wildman–Crippen MR) is 200 cm³/mol. The van der Waals surface area contributed by atoms with Crippen LogP contribution >= 0.6 is 0 Å². The number of rotatable bonds is 3. The van der Waals surface area contributed by atoms with Crippen LogP contribution in [0.1, 0.15) is 11.0 Å². The first-order valence-corrected chi connectivity index (χ1v) is 15.5. The molecular formula is C46H28O. The fourth-order valence-electron chi connectivity index (χ4n) is 7.02. The molecule has 1 aromatic heterocycles. The molecule has 9 aromatic carbocycles. The molecule has 218 valence electrons. The molecule has 0 bridgehead atoms. The maximum Gasteiger partial charge on any atom is 0.136 e. The van der Waals surface area contributed by atoms with E-state index in [0.717, 1.165) is 54.6 Å². The predicted octanol–water partition coefficient (Wildman–Crippen LogP) is 13.2. The molecule has 0 aliphatic carbocycles. The molecule has 1 heterocycles. The highest BCUT2D eigenvalue weighted by Gasteiger charge is 2.17. The van der Waals surface area contributed by atoms with Crippen molar-refractivity contribution in [3.05, 3.63) is 170 Å². The molecule has 0 saturated heterocycles. The summed E-state index contributed by atoms with van der Waals surface area (Å²) in [6.07, 6.45) is 0. The van der Waals surface area contributed by atoms with Gasteiger partial charge in [0.2, 0.25) is 0 Å². The maximum atomic E-state index is 9.25. The third-order valence-corrected chi connectivity index (χ3v) is 9.26. The zero-order chi connectivity index (χ0) is 37.9. The SMILES string of the molecule is [2H]c1c([2H])c([2H])c2c(-c3ccc4ccccc4c3)c3c([2H])c([2H])c([2H])c([2H])c3c(-c3ccc(-c4ccc5c(c4)oc4cc6ccccc6cc45)cc3)c2c1[2H]. The van der Waals surface area contributed by atoms with E-state index in [1.807, 2.05) is 91.0 Å². The highest BCUT2D eigenvalue weighted by Crippen LogP contribution is 2.44. The van der Waals surface area contributed by atoms with Gasteiger partial charge < -0.3 is 4.42 Å². The molecule has 0 fully saturated rings. The standard InChI is InChI=1S/C46H28O/c1-2-10-32-25-36(22-19-29(32)9-1)46-40-15-7-5-13-38(40)45(39-14-6-8-16-41(39)46)31-20-17-30(18-21-31)35-23-24-37-42-26-33-11-3-4-12-34(33)27-44(42)47-43(37)28-35/h1-28H/i5D,6D,7D,8D,13D,14D,15D,16D. The van der Waals surface area contributed by atoms with E-state index in [4.69, 9.17) is 9.90 Å². The van der Waals surface area contributed by atoms with Gasteiger partial charge in [-0.1, -0.05) is 139 Å². The van der Waals surface area contributed by atoms with Crippen molar-refractivity contribution in [3.8, 4) is 33.4 Å². The fourth-order valence-corrected chi connectivity index (χ4v) is 7.02. The van der Waals surface area contributed by atoms with Gasteiger partial charge in [0.05, 0.1) is 11.0 Å². The molecule has 1 heteroatoms. The van der Waals surface area contributed by atoms with Crippen LogP contribution in [0.2, 0.25) is 0 Å². The van der Waals surface area contributed by atoms with E-state index >= 15 is 0 Å². The average molecular weight is 605 g/mol. The van der Waals surface area contributed by atoms with Gasteiger partial charge in [0.15, 0.2) is 0 Å². The van der Waals surface area contributed by atoms with Crippen molar-refractivity contribution in [2.24, 2.45) is 0 Å². The van der Waals surface area contributed by atoms with Crippen LogP contribution in [0.4, 0.5) is 0 Å². The molecule has 10 aromatic rings. The second kappa shape index (κ2) is 10.2. The molecule has 47 heavy (non-hydrogen) atoms. The lowest BCUT2D eigenvalue weighted by Crippen LogP contribution is -1.91. The van der Waals surface area contributed by atoms with Gasteiger partial charge >= 0.3 is 0 Å². The van der Waals surface area contributed by atoms with Crippen LogP contribution in [0, 0.1) is 0 Å². The number of fused-ring (bicyclic) bond motifs is 7. The van der Waals surface area contributed by atoms with Crippen LogP contribution in [0.5, 0.6) is 0 Å². The highest BCUT2D eigenvalue weighted by atomic mass is 16.3. The zero-order valence-corrected chi connectivity index (χ0v) is 25.0. The lowest BCUT2D eigenvalue weighted by atomic mass is 9.85. The number of furan rings is 1. The third-order valence-electron chi connectivity index (χ3n) is 9.26. The van der Waals surface area contributed by atoms with Crippen LogP contribution in [0.25, 0.3) is 98.4 Å². The van der Waals surface area contributed by atoms with Crippen molar-refractivity contribution in [2.45, 2.75) is 0 Å². The largest absolute Gasteiger partial charge is 0.456 e. The smallest absolute Gasteiger partial charge is 0.136 e. The average Bonchev–Trinajstić information content (AvgIpc) is 3.57. The summed E-state index contributed by atoms with van der Waals surface area (Å²) in [5.74, 6) is 0. The summed E-state index contributed by atoms with van der Waals surface area (Å²) in [5, 5.41) is 6.91.